The fourth-order valence-electron chi connectivity index (χ4n) is 2.82. The lowest BCUT2D eigenvalue weighted by atomic mass is 10.1. The van der Waals surface area contributed by atoms with E-state index in [1.54, 1.807) is 12.3 Å². The number of amides is 3. The van der Waals surface area contributed by atoms with Crippen molar-refractivity contribution in [2.45, 2.75) is 45.3 Å². The van der Waals surface area contributed by atoms with Crippen molar-refractivity contribution in [3.8, 4) is 0 Å². The third-order valence-electron chi connectivity index (χ3n) is 4.51. The first-order valence-electron chi connectivity index (χ1n) is 9.60. The maximum atomic E-state index is 12.2. The smallest absolute Gasteiger partial charge is 0.325 e. The highest BCUT2D eigenvalue weighted by Gasteiger charge is 2.18. The number of urea groups is 1. The van der Waals surface area contributed by atoms with Gasteiger partial charge in [0, 0.05) is 11.6 Å². The fraction of sp³-hybridized carbons (Fsp3) is 0.333. The molecule has 0 aliphatic carbocycles. The molecule has 0 unspecified atom stereocenters. The van der Waals surface area contributed by atoms with Crippen LogP contribution in [0, 0.1) is 13.8 Å². The lowest BCUT2D eigenvalue weighted by Crippen LogP contribution is -2.35. The number of hydrogen-bond acceptors (Lipinski definition) is 6. The first-order valence-corrected chi connectivity index (χ1v) is 10.6. The van der Waals surface area contributed by atoms with Crippen LogP contribution >= 0.6 is 11.8 Å². The first-order chi connectivity index (χ1) is 14.3. The molecule has 0 atom stereocenters. The Balaban J connectivity index is 1.58. The first kappa shape index (κ1) is 21.6. The van der Waals surface area contributed by atoms with Crippen LogP contribution in [0.4, 0.5) is 10.5 Å². The standard InChI is InChI=1S/C21H25N5O3S/c1-13(2)19-24-25-21(26(19)11-17-6-5-9-29-17)30-12-18(27)23-20(28)22-16-8-7-14(3)15(4)10-16/h5-10,13H,11-12H2,1-4H3,(H2,22,23,27,28). The van der Waals surface area contributed by atoms with Gasteiger partial charge in [0.15, 0.2) is 5.16 Å². The quantitative estimate of drug-likeness (QED) is 0.551. The number of hydrogen-bond donors (Lipinski definition) is 2. The monoisotopic (exact) mass is 427 g/mol. The molecule has 2 aromatic heterocycles. The van der Waals surface area contributed by atoms with Crippen molar-refractivity contribution in [1.82, 2.24) is 20.1 Å². The Kier molecular flexibility index (Phi) is 6.94. The molecule has 0 saturated heterocycles. The molecule has 3 aromatic rings. The number of aryl methyl sites for hydroxylation is 2. The molecular weight excluding hydrogens is 402 g/mol. The van der Waals surface area contributed by atoms with E-state index < -0.39 is 11.9 Å². The normalized spacial score (nSPS) is 11.0. The maximum absolute atomic E-state index is 12.2. The molecule has 0 radical (unpaired) electrons. The molecule has 30 heavy (non-hydrogen) atoms. The second-order valence-corrected chi connectivity index (χ2v) is 8.19. The van der Waals surface area contributed by atoms with Gasteiger partial charge in [-0.15, -0.1) is 10.2 Å². The Bertz CT molecular complexity index is 1030. The molecular formula is C21H25N5O3S. The molecule has 3 rings (SSSR count). The second kappa shape index (κ2) is 9.62. The van der Waals surface area contributed by atoms with Gasteiger partial charge >= 0.3 is 6.03 Å². The zero-order chi connectivity index (χ0) is 21.7. The van der Waals surface area contributed by atoms with Gasteiger partial charge in [-0.2, -0.15) is 0 Å². The molecule has 0 spiro atoms. The summed E-state index contributed by atoms with van der Waals surface area (Å²) < 4.78 is 7.36. The molecule has 0 fully saturated rings. The van der Waals surface area contributed by atoms with Gasteiger partial charge in [-0.05, 0) is 49.2 Å². The second-order valence-electron chi connectivity index (χ2n) is 7.25. The molecule has 158 valence electrons. The van der Waals surface area contributed by atoms with Gasteiger partial charge in [0.1, 0.15) is 11.6 Å². The summed E-state index contributed by atoms with van der Waals surface area (Å²) in [4.78, 5) is 24.3. The third-order valence-corrected chi connectivity index (χ3v) is 5.47. The molecule has 0 aliphatic rings. The van der Waals surface area contributed by atoms with Crippen molar-refractivity contribution in [3.63, 3.8) is 0 Å². The van der Waals surface area contributed by atoms with Gasteiger partial charge in [-0.1, -0.05) is 31.7 Å². The van der Waals surface area contributed by atoms with Gasteiger partial charge in [-0.3, -0.25) is 14.7 Å². The molecule has 1 aromatic carbocycles. The van der Waals surface area contributed by atoms with Crippen LogP contribution in [-0.2, 0) is 11.3 Å². The molecule has 2 heterocycles. The zero-order valence-corrected chi connectivity index (χ0v) is 18.2. The van der Waals surface area contributed by atoms with E-state index in [-0.39, 0.29) is 11.7 Å². The molecule has 0 saturated carbocycles. The number of nitrogens with zero attached hydrogens (tertiary/aromatic N) is 3. The van der Waals surface area contributed by atoms with E-state index in [1.165, 1.54) is 11.8 Å². The Morgan fingerprint density at radius 1 is 1.17 bits per heavy atom. The molecule has 0 aliphatic heterocycles. The minimum Gasteiger partial charge on any atom is -0.467 e. The van der Waals surface area contributed by atoms with Crippen LogP contribution in [0.5, 0.6) is 0 Å². The Morgan fingerprint density at radius 3 is 2.63 bits per heavy atom. The zero-order valence-electron chi connectivity index (χ0n) is 17.4. The van der Waals surface area contributed by atoms with E-state index in [2.05, 4.69) is 20.8 Å². The van der Waals surface area contributed by atoms with Gasteiger partial charge < -0.3 is 9.73 Å². The summed E-state index contributed by atoms with van der Waals surface area (Å²) in [5, 5.41) is 14.1. The van der Waals surface area contributed by atoms with Crippen molar-refractivity contribution in [2.75, 3.05) is 11.1 Å². The van der Waals surface area contributed by atoms with E-state index >= 15 is 0 Å². The van der Waals surface area contributed by atoms with Crippen molar-refractivity contribution in [2.24, 2.45) is 0 Å². The molecule has 0 bridgehead atoms. The SMILES string of the molecule is Cc1ccc(NC(=O)NC(=O)CSc2nnc(C(C)C)n2Cc2ccco2)cc1C. The third kappa shape index (κ3) is 5.50. The minimum atomic E-state index is -0.566. The van der Waals surface area contributed by atoms with Crippen LogP contribution in [-0.4, -0.2) is 32.5 Å². The average molecular weight is 428 g/mol. The predicted octanol–water partition coefficient (Wildman–Crippen LogP) is 4.10. The topological polar surface area (TPSA) is 102 Å². The Hall–Kier alpha value is -3.07. The number of carbonyl (C=O) groups excluding carboxylic acids is 2. The van der Waals surface area contributed by atoms with Crippen LogP contribution in [0.1, 0.15) is 42.5 Å². The number of furan rings is 1. The van der Waals surface area contributed by atoms with Crippen molar-refractivity contribution < 1.29 is 14.0 Å². The highest BCUT2D eigenvalue weighted by Crippen LogP contribution is 2.23. The van der Waals surface area contributed by atoms with E-state index in [9.17, 15) is 9.59 Å². The van der Waals surface area contributed by atoms with Crippen LogP contribution in [0.25, 0.3) is 0 Å². The summed E-state index contributed by atoms with van der Waals surface area (Å²) >= 11 is 1.22. The largest absolute Gasteiger partial charge is 0.467 e. The van der Waals surface area contributed by atoms with E-state index in [0.717, 1.165) is 22.7 Å². The number of rotatable bonds is 7. The number of anilines is 1. The number of thioether (sulfide) groups is 1. The van der Waals surface area contributed by atoms with Crippen LogP contribution in [0.2, 0.25) is 0 Å². The van der Waals surface area contributed by atoms with Gasteiger partial charge in [-0.25, -0.2) is 4.79 Å². The van der Waals surface area contributed by atoms with Crippen molar-refractivity contribution in [3.05, 3.63) is 59.3 Å². The number of imide groups is 1. The van der Waals surface area contributed by atoms with Crippen molar-refractivity contribution >= 4 is 29.4 Å². The van der Waals surface area contributed by atoms with E-state index in [4.69, 9.17) is 4.42 Å². The highest BCUT2D eigenvalue weighted by molar-refractivity contribution is 7.99. The summed E-state index contributed by atoms with van der Waals surface area (Å²) in [7, 11) is 0. The maximum Gasteiger partial charge on any atom is 0.325 e. The van der Waals surface area contributed by atoms with E-state index in [0.29, 0.717) is 17.4 Å². The summed E-state index contributed by atoms with van der Waals surface area (Å²) in [6, 6.07) is 8.71. The number of benzene rings is 1. The van der Waals surface area contributed by atoms with E-state index in [1.807, 2.05) is 56.5 Å². The Labute approximate surface area is 179 Å². The Morgan fingerprint density at radius 2 is 1.97 bits per heavy atom. The predicted molar refractivity (Wildman–Crippen MR) is 116 cm³/mol. The summed E-state index contributed by atoms with van der Waals surface area (Å²) in [5.74, 6) is 1.37. The van der Waals surface area contributed by atoms with Gasteiger partial charge in [0.2, 0.25) is 5.91 Å². The number of aromatic nitrogens is 3. The molecule has 2 N–H and O–H groups in total. The van der Waals surface area contributed by atoms with Gasteiger partial charge in [0.05, 0.1) is 18.6 Å². The molecule has 3 amide bonds. The highest BCUT2D eigenvalue weighted by atomic mass is 32.2. The van der Waals surface area contributed by atoms with Crippen LogP contribution in [0.3, 0.4) is 0 Å². The van der Waals surface area contributed by atoms with Gasteiger partial charge in [0.25, 0.3) is 0 Å². The minimum absolute atomic E-state index is 0.0364. The fourth-order valence-corrected chi connectivity index (χ4v) is 3.56. The molecule has 8 nitrogen and oxygen atoms in total. The average Bonchev–Trinajstić information content (AvgIpc) is 3.33. The van der Waals surface area contributed by atoms with Crippen molar-refractivity contribution in [1.29, 1.82) is 0 Å². The molecule has 9 heteroatoms. The lowest BCUT2D eigenvalue weighted by molar-refractivity contribution is -0.117. The summed E-state index contributed by atoms with van der Waals surface area (Å²) in [6.07, 6.45) is 1.61. The van der Waals surface area contributed by atoms with Crippen LogP contribution < -0.4 is 10.6 Å². The number of carbonyl (C=O) groups is 2. The summed E-state index contributed by atoms with van der Waals surface area (Å²) in [5.41, 5.74) is 2.83. The lowest BCUT2D eigenvalue weighted by Gasteiger charge is -2.11. The summed E-state index contributed by atoms with van der Waals surface area (Å²) in [6.45, 7) is 8.49. The number of nitrogens with one attached hydrogen (secondary N) is 2. The van der Waals surface area contributed by atoms with Crippen LogP contribution in [0.15, 0.2) is 46.2 Å².